The van der Waals surface area contributed by atoms with Crippen LogP contribution in [0.2, 0.25) is 0 Å². The van der Waals surface area contributed by atoms with Gasteiger partial charge in [-0.2, -0.15) is 0 Å². The highest BCUT2D eigenvalue weighted by molar-refractivity contribution is 7.09. The lowest BCUT2D eigenvalue weighted by molar-refractivity contribution is 0.397. The summed E-state index contributed by atoms with van der Waals surface area (Å²) in [5, 5.41) is 3.25. The van der Waals surface area contributed by atoms with E-state index in [4.69, 9.17) is 4.74 Å². The molecule has 0 unspecified atom stereocenters. The minimum Gasteiger partial charge on any atom is -0.481 e. The SMILES string of the molecule is COc1cc(NCCCc2scnc2C)ncn1. The second-order valence-electron chi connectivity index (χ2n) is 3.84. The first kappa shape index (κ1) is 12.8. The molecule has 6 heteroatoms. The fraction of sp³-hybridized carbons (Fsp3) is 0.417. The number of nitrogens with zero attached hydrogens (tertiary/aromatic N) is 3. The number of nitrogens with one attached hydrogen (secondary N) is 1. The third kappa shape index (κ3) is 3.40. The molecule has 0 radical (unpaired) electrons. The maximum absolute atomic E-state index is 5.04. The molecule has 0 aliphatic rings. The molecule has 2 aromatic heterocycles. The van der Waals surface area contributed by atoms with Gasteiger partial charge in [-0.05, 0) is 19.8 Å². The minimum atomic E-state index is 0.575. The highest BCUT2D eigenvalue weighted by atomic mass is 32.1. The molecule has 2 heterocycles. The highest BCUT2D eigenvalue weighted by Gasteiger charge is 2.01. The number of methoxy groups -OCH3 is 1. The van der Waals surface area contributed by atoms with Crippen molar-refractivity contribution in [3.8, 4) is 5.88 Å². The number of rotatable bonds is 6. The summed E-state index contributed by atoms with van der Waals surface area (Å²) in [6, 6.07) is 1.79. The molecule has 0 atom stereocenters. The molecule has 0 fully saturated rings. The summed E-state index contributed by atoms with van der Waals surface area (Å²) in [6.07, 6.45) is 3.59. The molecule has 0 spiro atoms. The van der Waals surface area contributed by atoms with E-state index in [0.717, 1.165) is 30.9 Å². The van der Waals surface area contributed by atoms with E-state index in [9.17, 15) is 0 Å². The van der Waals surface area contributed by atoms with E-state index in [1.165, 1.54) is 11.2 Å². The Morgan fingerprint density at radius 3 is 2.94 bits per heavy atom. The Bertz CT molecular complexity index is 500. The van der Waals surface area contributed by atoms with E-state index in [2.05, 4.69) is 27.2 Å². The Labute approximate surface area is 110 Å². The normalized spacial score (nSPS) is 10.3. The lowest BCUT2D eigenvalue weighted by Crippen LogP contribution is -2.05. The van der Waals surface area contributed by atoms with Gasteiger partial charge in [0.15, 0.2) is 0 Å². The molecule has 0 aromatic carbocycles. The van der Waals surface area contributed by atoms with Crippen molar-refractivity contribution in [1.82, 2.24) is 15.0 Å². The van der Waals surface area contributed by atoms with Crippen molar-refractivity contribution >= 4 is 17.2 Å². The molecule has 0 aliphatic heterocycles. The first-order chi connectivity index (χ1) is 8.79. The standard InChI is InChI=1S/C12H16N4OS/c1-9-10(18-8-16-9)4-3-5-13-11-6-12(17-2)15-7-14-11/h6-8H,3-5H2,1-2H3,(H,13,14,15). The van der Waals surface area contributed by atoms with Gasteiger partial charge >= 0.3 is 0 Å². The van der Waals surface area contributed by atoms with Gasteiger partial charge in [0.2, 0.25) is 5.88 Å². The summed E-state index contributed by atoms with van der Waals surface area (Å²) in [6.45, 7) is 2.92. The predicted molar refractivity (Wildman–Crippen MR) is 72.2 cm³/mol. The largest absolute Gasteiger partial charge is 0.481 e. The predicted octanol–water partition coefficient (Wildman–Crippen LogP) is 2.29. The van der Waals surface area contributed by atoms with E-state index in [1.54, 1.807) is 24.5 Å². The molecule has 1 N–H and O–H groups in total. The van der Waals surface area contributed by atoms with Crippen LogP contribution in [0.4, 0.5) is 5.82 Å². The Kier molecular flexibility index (Phi) is 4.46. The number of hydrogen-bond acceptors (Lipinski definition) is 6. The molecule has 0 amide bonds. The minimum absolute atomic E-state index is 0.575. The van der Waals surface area contributed by atoms with Gasteiger partial charge in [-0.15, -0.1) is 11.3 Å². The van der Waals surface area contributed by atoms with Gasteiger partial charge in [0.05, 0.1) is 18.3 Å². The average molecular weight is 264 g/mol. The van der Waals surface area contributed by atoms with Crippen molar-refractivity contribution in [2.75, 3.05) is 19.0 Å². The number of aromatic nitrogens is 3. The lowest BCUT2D eigenvalue weighted by atomic mass is 10.2. The highest BCUT2D eigenvalue weighted by Crippen LogP contribution is 2.14. The topological polar surface area (TPSA) is 59.9 Å². The third-order valence-corrected chi connectivity index (χ3v) is 3.58. The van der Waals surface area contributed by atoms with E-state index in [0.29, 0.717) is 5.88 Å². The Morgan fingerprint density at radius 1 is 1.33 bits per heavy atom. The zero-order valence-corrected chi connectivity index (χ0v) is 11.3. The number of anilines is 1. The molecule has 2 aromatic rings. The molecule has 0 bridgehead atoms. The van der Waals surface area contributed by atoms with E-state index >= 15 is 0 Å². The van der Waals surface area contributed by atoms with Crippen LogP contribution in [0, 0.1) is 6.92 Å². The van der Waals surface area contributed by atoms with E-state index in [1.807, 2.05) is 5.51 Å². The molecule has 18 heavy (non-hydrogen) atoms. The molecule has 96 valence electrons. The maximum Gasteiger partial charge on any atom is 0.218 e. The van der Waals surface area contributed by atoms with Gasteiger partial charge in [-0.3, -0.25) is 0 Å². The van der Waals surface area contributed by atoms with Crippen molar-refractivity contribution in [2.45, 2.75) is 19.8 Å². The van der Waals surface area contributed by atoms with Crippen LogP contribution in [0.3, 0.4) is 0 Å². The van der Waals surface area contributed by atoms with Crippen LogP contribution in [-0.4, -0.2) is 28.6 Å². The van der Waals surface area contributed by atoms with Crippen LogP contribution in [-0.2, 0) is 6.42 Å². The van der Waals surface area contributed by atoms with Crippen LogP contribution in [0.15, 0.2) is 17.9 Å². The van der Waals surface area contributed by atoms with Gasteiger partial charge in [-0.1, -0.05) is 0 Å². The van der Waals surface area contributed by atoms with Gasteiger partial charge in [0.1, 0.15) is 12.1 Å². The zero-order valence-electron chi connectivity index (χ0n) is 10.5. The van der Waals surface area contributed by atoms with Crippen LogP contribution in [0.5, 0.6) is 5.88 Å². The summed E-state index contributed by atoms with van der Waals surface area (Å²) < 4.78 is 5.04. The molecule has 5 nitrogen and oxygen atoms in total. The molecular formula is C12H16N4OS. The van der Waals surface area contributed by atoms with Crippen LogP contribution >= 0.6 is 11.3 Å². The van der Waals surface area contributed by atoms with E-state index < -0.39 is 0 Å². The fourth-order valence-corrected chi connectivity index (χ4v) is 2.40. The molecule has 0 aliphatic carbocycles. The second kappa shape index (κ2) is 6.30. The van der Waals surface area contributed by atoms with Crippen molar-refractivity contribution in [3.05, 3.63) is 28.5 Å². The van der Waals surface area contributed by atoms with Crippen molar-refractivity contribution < 1.29 is 4.74 Å². The van der Waals surface area contributed by atoms with Crippen molar-refractivity contribution in [1.29, 1.82) is 0 Å². The molecule has 0 saturated carbocycles. The van der Waals surface area contributed by atoms with Gasteiger partial charge in [0, 0.05) is 17.5 Å². The van der Waals surface area contributed by atoms with Crippen molar-refractivity contribution in [2.24, 2.45) is 0 Å². The smallest absolute Gasteiger partial charge is 0.218 e. The first-order valence-corrected chi connectivity index (χ1v) is 6.66. The van der Waals surface area contributed by atoms with Gasteiger partial charge in [0.25, 0.3) is 0 Å². The van der Waals surface area contributed by atoms with Crippen LogP contribution in [0.25, 0.3) is 0 Å². The Morgan fingerprint density at radius 2 is 2.22 bits per heavy atom. The number of hydrogen-bond donors (Lipinski definition) is 1. The second-order valence-corrected chi connectivity index (χ2v) is 4.78. The molecular weight excluding hydrogens is 248 g/mol. The zero-order chi connectivity index (χ0) is 12.8. The summed E-state index contributed by atoms with van der Waals surface area (Å²) in [4.78, 5) is 13.7. The van der Waals surface area contributed by atoms with Crippen LogP contribution in [0.1, 0.15) is 17.0 Å². The average Bonchev–Trinajstić information content (AvgIpc) is 2.81. The molecule has 0 saturated heterocycles. The summed E-state index contributed by atoms with van der Waals surface area (Å²) in [5.74, 6) is 1.37. The number of ether oxygens (including phenoxy) is 1. The monoisotopic (exact) mass is 264 g/mol. The maximum atomic E-state index is 5.04. The quantitative estimate of drug-likeness (QED) is 0.811. The fourth-order valence-electron chi connectivity index (χ4n) is 1.58. The molecule has 2 rings (SSSR count). The summed E-state index contributed by atoms with van der Waals surface area (Å²) in [7, 11) is 1.60. The number of thiazole rings is 1. The Balaban J connectivity index is 1.76. The Hall–Kier alpha value is -1.69. The van der Waals surface area contributed by atoms with Gasteiger partial charge in [-0.25, -0.2) is 15.0 Å². The lowest BCUT2D eigenvalue weighted by Gasteiger charge is -2.05. The summed E-state index contributed by atoms with van der Waals surface area (Å²) in [5.41, 5.74) is 3.04. The summed E-state index contributed by atoms with van der Waals surface area (Å²) >= 11 is 1.72. The third-order valence-electron chi connectivity index (χ3n) is 2.58. The first-order valence-electron chi connectivity index (χ1n) is 5.78. The van der Waals surface area contributed by atoms with E-state index in [-0.39, 0.29) is 0 Å². The van der Waals surface area contributed by atoms with Gasteiger partial charge < -0.3 is 10.1 Å². The van der Waals surface area contributed by atoms with Crippen LogP contribution < -0.4 is 10.1 Å². The number of aryl methyl sites for hydroxylation is 2. The van der Waals surface area contributed by atoms with Crippen molar-refractivity contribution in [3.63, 3.8) is 0 Å².